The maximum Gasteiger partial charge on any atom is 0.191 e. The van der Waals surface area contributed by atoms with Crippen molar-refractivity contribution in [3.63, 3.8) is 0 Å². The van der Waals surface area contributed by atoms with Crippen molar-refractivity contribution in [3.8, 4) is 0 Å². The Bertz CT molecular complexity index is 895. The van der Waals surface area contributed by atoms with Crippen LogP contribution in [0.5, 0.6) is 0 Å². The molecule has 0 aliphatic rings. The SMILES string of the molecule is CN=C(NCc1ccccc1COCc1ccccc1)NCc1ccnn1C.I. The van der Waals surface area contributed by atoms with Crippen LogP contribution in [0.3, 0.4) is 0 Å². The number of halogens is 1. The Hall–Kier alpha value is -2.39. The molecule has 6 nitrogen and oxygen atoms in total. The lowest BCUT2D eigenvalue weighted by molar-refractivity contribution is 0.106. The molecule has 0 aliphatic heterocycles. The summed E-state index contributed by atoms with van der Waals surface area (Å²) in [5, 5.41) is 10.9. The summed E-state index contributed by atoms with van der Waals surface area (Å²) in [4.78, 5) is 4.30. The summed E-state index contributed by atoms with van der Waals surface area (Å²) in [7, 11) is 3.70. The molecule has 7 heteroatoms. The van der Waals surface area contributed by atoms with Gasteiger partial charge in [0.25, 0.3) is 0 Å². The molecule has 0 aliphatic carbocycles. The van der Waals surface area contributed by atoms with Gasteiger partial charge in [0, 0.05) is 26.8 Å². The summed E-state index contributed by atoms with van der Waals surface area (Å²) in [5.41, 5.74) is 4.64. The molecule has 0 atom stereocenters. The highest BCUT2D eigenvalue weighted by Crippen LogP contribution is 2.11. The van der Waals surface area contributed by atoms with Gasteiger partial charge in [0.15, 0.2) is 5.96 Å². The van der Waals surface area contributed by atoms with E-state index in [0.29, 0.717) is 26.3 Å². The molecule has 0 amide bonds. The largest absolute Gasteiger partial charge is 0.372 e. The van der Waals surface area contributed by atoms with Gasteiger partial charge >= 0.3 is 0 Å². The Labute approximate surface area is 189 Å². The molecule has 0 saturated heterocycles. The molecule has 1 aromatic heterocycles. The minimum Gasteiger partial charge on any atom is -0.372 e. The van der Waals surface area contributed by atoms with E-state index in [9.17, 15) is 0 Å². The van der Waals surface area contributed by atoms with E-state index >= 15 is 0 Å². The third-order valence-corrected chi connectivity index (χ3v) is 4.52. The minimum atomic E-state index is 0. The predicted octanol–water partition coefficient (Wildman–Crippen LogP) is 3.62. The molecule has 0 bridgehead atoms. The quantitative estimate of drug-likeness (QED) is 0.279. The van der Waals surface area contributed by atoms with Gasteiger partial charge in [0.05, 0.1) is 25.5 Å². The summed E-state index contributed by atoms with van der Waals surface area (Å²) < 4.78 is 7.75. The van der Waals surface area contributed by atoms with Crippen molar-refractivity contribution in [1.29, 1.82) is 0 Å². The predicted molar refractivity (Wildman–Crippen MR) is 127 cm³/mol. The number of nitrogens with zero attached hydrogens (tertiary/aromatic N) is 3. The fourth-order valence-corrected chi connectivity index (χ4v) is 2.87. The number of hydrogen-bond donors (Lipinski definition) is 2. The molecule has 29 heavy (non-hydrogen) atoms. The van der Waals surface area contributed by atoms with E-state index < -0.39 is 0 Å². The van der Waals surface area contributed by atoms with Crippen LogP contribution in [-0.2, 0) is 38.1 Å². The number of aryl methyl sites for hydroxylation is 1. The fourth-order valence-electron chi connectivity index (χ4n) is 2.87. The Kier molecular flexibility index (Phi) is 9.66. The highest BCUT2D eigenvalue weighted by molar-refractivity contribution is 14.0. The average Bonchev–Trinajstić information content (AvgIpc) is 3.14. The zero-order valence-corrected chi connectivity index (χ0v) is 19.2. The van der Waals surface area contributed by atoms with Gasteiger partial charge in [-0.1, -0.05) is 54.6 Å². The number of ether oxygens (including phenoxy) is 1. The van der Waals surface area contributed by atoms with Gasteiger partial charge in [-0.05, 0) is 22.8 Å². The first-order valence-corrected chi connectivity index (χ1v) is 9.36. The lowest BCUT2D eigenvalue weighted by Gasteiger charge is -2.14. The van der Waals surface area contributed by atoms with Gasteiger partial charge < -0.3 is 15.4 Å². The Morgan fingerprint density at radius 3 is 2.31 bits per heavy atom. The topological polar surface area (TPSA) is 63.5 Å². The van der Waals surface area contributed by atoms with Gasteiger partial charge in [-0.25, -0.2) is 0 Å². The summed E-state index contributed by atoms with van der Waals surface area (Å²) >= 11 is 0. The van der Waals surface area contributed by atoms with Gasteiger partial charge in [-0.15, -0.1) is 24.0 Å². The van der Waals surface area contributed by atoms with Crippen LogP contribution in [-0.4, -0.2) is 22.8 Å². The van der Waals surface area contributed by atoms with Crippen LogP contribution in [0.15, 0.2) is 71.9 Å². The molecule has 3 aromatic rings. The van der Waals surface area contributed by atoms with Crippen molar-refractivity contribution >= 4 is 29.9 Å². The zero-order chi connectivity index (χ0) is 19.6. The monoisotopic (exact) mass is 505 g/mol. The Morgan fingerprint density at radius 1 is 0.931 bits per heavy atom. The zero-order valence-electron chi connectivity index (χ0n) is 16.8. The van der Waals surface area contributed by atoms with Crippen molar-refractivity contribution in [2.24, 2.45) is 12.0 Å². The fraction of sp³-hybridized carbons (Fsp3) is 0.273. The number of hydrogen-bond acceptors (Lipinski definition) is 3. The average molecular weight is 505 g/mol. The van der Waals surface area contributed by atoms with Crippen molar-refractivity contribution in [2.45, 2.75) is 26.3 Å². The van der Waals surface area contributed by atoms with Crippen molar-refractivity contribution in [2.75, 3.05) is 7.05 Å². The number of nitrogens with one attached hydrogen (secondary N) is 2. The number of guanidine groups is 1. The van der Waals surface area contributed by atoms with Gasteiger partial charge in [-0.3, -0.25) is 9.67 Å². The first-order chi connectivity index (χ1) is 13.8. The molecule has 0 saturated carbocycles. The first kappa shape index (κ1) is 22.9. The second-order valence-electron chi connectivity index (χ2n) is 6.47. The minimum absolute atomic E-state index is 0. The van der Waals surface area contributed by atoms with Crippen LogP contribution in [0.2, 0.25) is 0 Å². The Balaban J connectivity index is 0.00000300. The van der Waals surface area contributed by atoms with E-state index in [4.69, 9.17) is 4.74 Å². The molecule has 0 fully saturated rings. The molecule has 154 valence electrons. The smallest absolute Gasteiger partial charge is 0.191 e. The maximum absolute atomic E-state index is 5.91. The highest BCUT2D eigenvalue weighted by Gasteiger charge is 2.05. The molecule has 3 rings (SSSR count). The van der Waals surface area contributed by atoms with Gasteiger partial charge in [0.2, 0.25) is 0 Å². The lowest BCUT2D eigenvalue weighted by Crippen LogP contribution is -2.37. The van der Waals surface area contributed by atoms with E-state index in [-0.39, 0.29) is 24.0 Å². The van der Waals surface area contributed by atoms with E-state index in [1.165, 1.54) is 16.7 Å². The molecular weight excluding hydrogens is 477 g/mol. The molecule has 0 spiro atoms. The van der Waals surface area contributed by atoms with Crippen LogP contribution in [0.4, 0.5) is 0 Å². The third kappa shape index (κ3) is 7.17. The van der Waals surface area contributed by atoms with Crippen LogP contribution in [0, 0.1) is 0 Å². The molecule has 2 N–H and O–H groups in total. The van der Waals surface area contributed by atoms with E-state index in [1.54, 1.807) is 13.2 Å². The molecule has 2 aromatic carbocycles. The second-order valence-corrected chi connectivity index (χ2v) is 6.47. The second kappa shape index (κ2) is 12.2. The first-order valence-electron chi connectivity index (χ1n) is 9.36. The summed E-state index contributed by atoms with van der Waals surface area (Å²) in [6.45, 7) is 2.53. The van der Waals surface area contributed by atoms with Crippen LogP contribution in [0.25, 0.3) is 0 Å². The Morgan fingerprint density at radius 2 is 1.62 bits per heavy atom. The number of benzene rings is 2. The third-order valence-electron chi connectivity index (χ3n) is 4.52. The van der Waals surface area contributed by atoms with E-state index in [0.717, 1.165) is 11.7 Å². The number of aromatic nitrogens is 2. The molecular formula is C22H28IN5O. The summed E-state index contributed by atoms with van der Waals surface area (Å²) in [6.07, 6.45) is 1.79. The van der Waals surface area contributed by atoms with E-state index in [1.807, 2.05) is 48.1 Å². The standard InChI is InChI=1S/C22H27N5O.HI/c1-23-22(25-15-21-12-13-26-27(21)2)24-14-19-10-6-7-11-20(19)17-28-16-18-8-4-3-5-9-18;/h3-13H,14-17H2,1-2H3,(H2,23,24,25);1H. The van der Waals surface area contributed by atoms with Crippen molar-refractivity contribution in [1.82, 2.24) is 20.4 Å². The highest BCUT2D eigenvalue weighted by atomic mass is 127. The number of aliphatic imine (C=N–C) groups is 1. The lowest BCUT2D eigenvalue weighted by atomic mass is 10.1. The number of rotatable bonds is 8. The summed E-state index contributed by atoms with van der Waals surface area (Å²) in [6, 6.07) is 20.5. The van der Waals surface area contributed by atoms with Crippen molar-refractivity contribution < 1.29 is 4.74 Å². The summed E-state index contributed by atoms with van der Waals surface area (Å²) in [5.74, 6) is 0.751. The van der Waals surface area contributed by atoms with E-state index in [2.05, 4.69) is 45.0 Å². The van der Waals surface area contributed by atoms with Crippen LogP contribution >= 0.6 is 24.0 Å². The molecule has 1 heterocycles. The van der Waals surface area contributed by atoms with Crippen molar-refractivity contribution in [3.05, 3.63) is 89.2 Å². The van der Waals surface area contributed by atoms with Gasteiger partial charge in [0.1, 0.15) is 0 Å². The molecule has 0 unspecified atom stereocenters. The maximum atomic E-state index is 5.91. The van der Waals surface area contributed by atoms with Crippen LogP contribution in [0.1, 0.15) is 22.4 Å². The normalized spacial score (nSPS) is 11.0. The van der Waals surface area contributed by atoms with Gasteiger partial charge in [-0.2, -0.15) is 5.10 Å². The molecule has 0 radical (unpaired) electrons. The van der Waals surface area contributed by atoms with Crippen LogP contribution < -0.4 is 10.6 Å².